The van der Waals surface area contributed by atoms with Gasteiger partial charge in [-0.3, -0.25) is 9.69 Å². The minimum Gasteiger partial charge on any atom is -0.395 e. The maximum Gasteiger partial charge on any atom is 0.242 e. The second-order valence-electron chi connectivity index (χ2n) is 7.48. The molecule has 0 spiro atoms. The minimum absolute atomic E-state index is 0.00129. The Morgan fingerprint density at radius 3 is 2.39 bits per heavy atom. The van der Waals surface area contributed by atoms with Crippen LogP contribution in [0.5, 0.6) is 0 Å². The number of carbonyl (C=O) groups excluding carboxylic acids is 1. The Bertz CT molecular complexity index is 730. The molecule has 2 aromatic carbocycles. The number of aliphatic hydroxyl groups is 1. The van der Waals surface area contributed by atoms with E-state index < -0.39 is 6.04 Å². The average Bonchev–Trinajstić information content (AvgIpc) is 2.71. The number of benzene rings is 2. The van der Waals surface area contributed by atoms with E-state index in [1.165, 1.54) is 19.3 Å². The SMILES string of the molecule is O=C(NC1CCCCC1)C(c1ccc(Cl)cc1)N(CCO)Cc1ccccc1. The molecule has 1 atom stereocenters. The molecule has 0 bridgehead atoms. The lowest BCUT2D eigenvalue weighted by atomic mass is 9.94. The highest BCUT2D eigenvalue weighted by atomic mass is 35.5. The molecule has 4 nitrogen and oxygen atoms in total. The third-order valence-electron chi connectivity index (χ3n) is 5.37. The Balaban J connectivity index is 1.85. The average molecular weight is 401 g/mol. The fourth-order valence-electron chi connectivity index (χ4n) is 3.95. The highest BCUT2D eigenvalue weighted by molar-refractivity contribution is 6.30. The van der Waals surface area contributed by atoms with Gasteiger partial charge in [-0.15, -0.1) is 0 Å². The zero-order valence-electron chi connectivity index (χ0n) is 16.2. The normalized spacial score (nSPS) is 16.1. The number of halogens is 1. The van der Waals surface area contributed by atoms with Gasteiger partial charge in [0.1, 0.15) is 6.04 Å². The van der Waals surface area contributed by atoms with E-state index in [-0.39, 0.29) is 18.6 Å². The first kappa shape index (κ1) is 20.8. The third kappa shape index (κ3) is 5.81. The predicted molar refractivity (Wildman–Crippen MR) is 113 cm³/mol. The zero-order chi connectivity index (χ0) is 19.8. The summed E-state index contributed by atoms with van der Waals surface area (Å²) in [4.78, 5) is 15.4. The van der Waals surface area contributed by atoms with Crippen molar-refractivity contribution in [2.45, 2.75) is 50.7 Å². The number of nitrogens with one attached hydrogen (secondary N) is 1. The topological polar surface area (TPSA) is 52.6 Å². The first-order valence-corrected chi connectivity index (χ1v) is 10.5. The van der Waals surface area contributed by atoms with E-state index in [9.17, 15) is 9.90 Å². The number of hydrogen-bond donors (Lipinski definition) is 2. The highest BCUT2D eigenvalue weighted by Crippen LogP contribution is 2.26. The second-order valence-corrected chi connectivity index (χ2v) is 7.91. The van der Waals surface area contributed by atoms with Crippen molar-refractivity contribution < 1.29 is 9.90 Å². The molecule has 0 heterocycles. The van der Waals surface area contributed by atoms with Crippen molar-refractivity contribution >= 4 is 17.5 Å². The van der Waals surface area contributed by atoms with Crippen LogP contribution in [0, 0.1) is 0 Å². The van der Waals surface area contributed by atoms with Crippen LogP contribution in [0.25, 0.3) is 0 Å². The molecule has 0 saturated heterocycles. The zero-order valence-corrected chi connectivity index (χ0v) is 16.9. The summed E-state index contributed by atoms with van der Waals surface area (Å²) in [5.74, 6) is -0.00129. The lowest BCUT2D eigenvalue weighted by Crippen LogP contribution is -2.45. The molecule has 1 amide bonds. The first-order chi connectivity index (χ1) is 13.7. The van der Waals surface area contributed by atoms with Gasteiger partial charge in [0.25, 0.3) is 0 Å². The molecule has 1 aliphatic rings. The maximum absolute atomic E-state index is 13.3. The molecule has 0 radical (unpaired) electrons. The molecule has 28 heavy (non-hydrogen) atoms. The van der Waals surface area contributed by atoms with Crippen LogP contribution >= 0.6 is 11.6 Å². The Kier molecular flexibility index (Phi) is 7.90. The number of aliphatic hydroxyl groups excluding tert-OH is 1. The number of carbonyl (C=O) groups is 1. The van der Waals surface area contributed by atoms with Crippen LogP contribution in [0.3, 0.4) is 0 Å². The van der Waals surface area contributed by atoms with Gasteiger partial charge in [-0.25, -0.2) is 0 Å². The standard InChI is InChI=1S/C23H29ClN2O2/c24-20-13-11-19(12-14-20)22(23(28)25-21-9-5-2-6-10-21)26(15-16-27)17-18-7-3-1-4-8-18/h1,3-4,7-8,11-14,21-22,27H,2,5-6,9-10,15-17H2,(H,25,28). The second kappa shape index (κ2) is 10.6. The van der Waals surface area contributed by atoms with Gasteiger partial charge in [0.05, 0.1) is 6.61 Å². The summed E-state index contributed by atoms with van der Waals surface area (Å²) in [7, 11) is 0. The molecule has 1 saturated carbocycles. The molecular weight excluding hydrogens is 372 g/mol. The van der Waals surface area contributed by atoms with Crippen molar-refractivity contribution in [1.29, 1.82) is 0 Å². The highest BCUT2D eigenvalue weighted by Gasteiger charge is 2.29. The fourth-order valence-corrected chi connectivity index (χ4v) is 4.07. The molecule has 1 fully saturated rings. The van der Waals surface area contributed by atoms with Gasteiger partial charge < -0.3 is 10.4 Å². The van der Waals surface area contributed by atoms with Gasteiger partial charge in [0, 0.05) is 24.2 Å². The summed E-state index contributed by atoms with van der Waals surface area (Å²) in [6, 6.07) is 17.3. The Morgan fingerprint density at radius 1 is 1.07 bits per heavy atom. The number of amides is 1. The number of rotatable bonds is 8. The summed E-state index contributed by atoms with van der Waals surface area (Å²) >= 11 is 6.07. The third-order valence-corrected chi connectivity index (χ3v) is 5.62. The van der Waals surface area contributed by atoms with E-state index in [2.05, 4.69) is 5.32 Å². The fraction of sp³-hybridized carbons (Fsp3) is 0.435. The lowest BCUT2D eigenvalue weighted by molar-refractivity contribution is -0.128. The maximum atomic E-state index is 13.3. The molecule has 0 aromatic heterocycles. The van der Waals surface area contributed by atoms with Gasteiger partial charge in [-0.05, 0) is 36.1 Å². The van der Waals surface area contributed by atoms with Crippen molar-refractivity contribution in [1.82, 2.24) is 10.2 Å². The Labute approximate surface area is 172 Å². The van der Waals surface area contributed by atoms with Crippen molar-refractivity contribution in [3.05, 3.63) is 70.7 Å². The predicted octanol–water partition coefficient (Wildman–Crippen LogP) is 4.32. The lowest BCUT2D eigenvalue weighted by Gasteiger charge is -2.33. The van der Waals surface area contributed by atoms with E-state index in [1.54, 1.807) is 0 Å². The Morgan fingerprint density at radius 2 is 1.75 bits per heavy atom. The van der Waals surface area contributed by atoms with E-state index in [0.717, 1.165) is 24.0 Å². The molecule has 1 aliphatic carbocycles. The summed E-state index contributed by atoms with van der Waals surface area (Å²) in [5, 5.41) is 13.6. The van der Waals surface area contributed by atoms with Crippen molar-refractivity contribution in [2.75, 3.05) is 13.2 Å². The Hall–Kier alpha value is -1.88. The smallest absolute Gasteiger partial charge is 0.242 e. The van der Waals surface area contributed by atoms with Crippen LogP contribution in [-0.2, 0) is 11.3 Å². The van der Waals surface area contributed by atoms with Gasteiger partial charge in [-0.2, -0.15) is 0 Å². The molecule has 5 heteroatoms. The van der Waals surface area contributed by atoms with Gasteiger partial charge in [0.15, 0.2) is 0 Å². The summed E-state index contributed by atoms with van der Waals surface area (Å²) in [5.41, 5.74) is 2.00. The summed E-state index contributed by atoms with van der Waals surface area (Å²) in [6.07, 6.45) is 5.66. The van der Waals surface area contributed by atoms with Crippen molar-refractivity contribution in [3.8, 4) is 0 Å². The summed E-state index contributed by atoms with van der Waals surface area (Å²) in [6.45, 7) is 1.00. The minimum atomic E-state index is -0.466. The van der Waals surface area contributed by atoms with E-state index in [1.807, 2.05) is 59.5 Å². The molecule has 2 aromatic rings. The largest absolute Gasteiger partial charge is 0.395 e. The summed E-state index contributed by atoms with van der Waals surface area (Å²) < 4.78 is 0. The van der Waals surface area contributed by atoms with Crippen LogP contribution in [0.1, 0.15) is 49.3 Å². The number of nitrogens with zero attached hydrogens (tertiary/aromatic N) is 1. The van der Waals surface area contributed by atoms with Crippen LogP contribution in [0.4, 0.5) is 0 Å². The van der Waals surface area contributed by atoms with Crippen LogP contribution in [-0.4, -0.2) is 35.1 Å². The molecule has 150 valence electrons. The molecule has 3 rings (SSSR count). The first-order valence-electron chi connectivity index (χ1n) is 10.1. The monoisotopic (exact) mass is 400 g/mol. The molecule has 1 unspecified atom stereocenters. The molecule has 2 N–H and O–H groups in total. The van der Waals surface area contributed by atoms with Gasteiger partial charge in [0.2, 0.25) is 5.91 Å². The molecule has 0 aliphatic heterocycles. The van der Waals surface area contributed by atoms with E-state index in [0.29, 0.717) is 18.1 Å². The number of hydrogen-bond acceptors (Lipinski definition) is 3. The van der Waals surface area contributed by atoms with Crippen LogP contribution in [0.2, 0.25) is 5.02 Å². The molecular formula is C23H29ClN2O2. The van der Waals surface area contributed by atoms with E-state index in [4.69, 9.17) is 11.6 Å². The van der Waals surface area contributed by atoms with E-state index >= 15 is 0 Å². The van der Waals surface area contributed by atoms with Crippen LogP contribution < -0.4 is 5.32 Å². The van der Waals surface area contributed by atoms with Crippen molar-refractivity contribution in [3.63, 3.8) is 0 Å². The van der Waals surface area contributed by atoms with Crippen molar-refractivity contribution in [2.24, 2.45) is 0 Å². The van der Waals surface area contributed by atoms with Gasteiger partial charge >= 0.3 is 0 Å². The van der Waals surface area contributed by atoms with Crippen LogP contribution in [0.15, 0.2) is 54.6 Å². The quantitative estimate of drug-likeness (QED) is 0.693. The van der Waals surface area contributed by atoms with Gasteiger partial charge in [-0.1, -0.05) is 73.3 Å².